The molecule has 0 amide bonds. The van der Waals surface area contributed by atoms with E-state index in [1.165, 1.54) is 16.4 Å². The summed E-state index contributed by atoms with van der Waals surface area (Å²) in [5.74, 6) is 0. The van der Waals surface area contributed by atoms with Crippen LogP contribution in [-0.4, -0.2) is 49.8 Å². The Labute approximate surface area is 131 Å². The van der Waals surface area contributed by atoms with Crippen molar-refractivity contribution < 1.29 is 8.42 Å². The van der Waals surface area contributed by atoms with E-state index >= 15 is 0 Å². The first kappa shape index (κ1) is 16.5. The highest BCUT2D eigenvalue weighted by Crippen LogP contribution is 2.26. The van der Waals surface area contributed by atoms with Gasteiger partial charge in [-0.3, -0.25) is 4.90 Å². The minimum Gasteiger partial charge on any atom is -0.398 e. The lowest BCUT2D eigenvalue weighted by Gasteiger charge is -2.37. The molecule has 1 atom stereocenters. The second-order valence-electron chi connectivity index (χ2n) is 5.38. The van der Waals surface area contributed by atoms with Crippen LogP contribution in [0.2, 0.25) is 5.02 Å². The number of nitrogens with two attached hydrogens (primary N) is 1. The average molecular weight is 332 g/mol. The standard InChI is InChI=1S/C14H22ClN3O2S/c1-3-11(2)17-6-8-18(9-7-17)21(19,20)14-5-4-12(15)10-13(14)16/h4-5,10-11H,3,6-9,16H2,1-2H3. The predicted octanol–water partition coefficient (Wildman–Crippen LogP) is 2.03. The fraction of sp³-hybridized carbons (Fsp3) is 0.571. The maximum Gasteiger partial charge on any atom is 0.245 e. The van der Waals surface area contributed by atoms with Crippen molar-refractivity contribution in [3.05, 3.63) is 23.2 Å². The van der Waals surface area contributed by atoms with Crippen molar-refractivity contribution in [1.29, 1.82) is 0 Å². The smallest absolute Gasteiger partial charge is 0.245 e. The molecule has 5 nitrogen and oxygen atoms in total. The van der Waals surface area contributed by atoms with E-state index in [1.54, 1.807) is 6.07 Å². The third-order valence-electron chi connectivity index (χ3n) is 4.08. The highest BCUT2D eigenvalue weighted by atomic mass is 35.5. The molecule has 1 aliphatic rings. The van der Waals surface area contributed by atoms with Crippen LogP contribution in [0.25, 0.3) is 0 Å². The first-order valence-corrected chi connectivity index (χ1v) is 8.97. The number of hydrogen-bond donors (Lipinski definition) is 1. The van der Waals surface area contributed by atoms with E-state index in [2.05, 4.69) is 18.7 Å². The first-order chi connectivity index (χ1) is 9.86. The Bertz CT molecular complexity index is 598. The van der Waals surface area contributed by atoms with Crippen LogP contribution in [0.15, 0.2) is 23.1 Å². The highest BCUT2D eigenvalue weighted by molar-refractivity contribution is 7.89. The van der Waals surface area contributed by atoms with Gasteiger partial charge in [0, 0.05) is 37.2 Å². The van der Waals surface area contributed by atoms with E-state index < -0.39 is 10.0 Å². The summed E-state index contributed by atoms with van der Waals surface area (Å²) in [5, 5.41) is 0.438. The van der Waals surface area contributed by atoms with Gasteiger partial charge in [0.05, 0.1) is 5.69 Å². The van der Waals surface area contributed by atoms with E-state index in [9.17, 15) is 8.42 Å². The highest BCUT2D eigenvalue weighted by Gasteiger charge is 2.30. The monoisotopic (exact) mass is 331 g/mol. The van der Waals surface area contributed by atoms with Crippen LogP contribution in [-0.2, 0) is 10.0 Å². The SMILES string of the molecule is CCC(C)N1CCN(S(=O)(=O)c2ccc(Cl)cc2N)CC1. The number of piperazine rings is 1. The van der Waals surface area contributed by atoms with Gasteiger partial charge in [-0.1, -0.05) is 18.5 Å². The van der Waals surface area contributed by atoms with Gasteiger partial charge in [-0.15, -0.1) is 0 Å². The van der Waals surface area contributed by atoms with Crippen LogP contribution in [0.4, 0.5) is 5.69 Å². The van der Waals surface area contributed by atoms with E-state index in [0.29, 0.717) is 24.2 Å². The molecule has 1 aromatic carbocycles. The molecule has 0 aliphatic carbocycles. The molecule has 1 fully saturated rings. The van der Waals surface area contributed by atoms with Gasteiger partial charge in [-0.25, -0.2) is 8.42 Å². The quantitative estimate of drug-likeness (QED) is 0.857. The lowest BCUT2D eigenvalue weighted by atomic mass is 10.2. The molecule has 0 saturated carbocycles. The van der Waals surface area contributed by atoms with Crippen molar-refractivity contribution in [3.63, 3.8) is 0 Å². The average Bonchev–Trinajstić information content (AvgIpc) is 2.46. The van der Waals surface area contributed by atoms with Crippen molar-refractivity contribution in [1.82, 2.24) is 9.21 Å². The van der Waals surface area contributed by atoms with Gasteiger partial charge in [-0.05, 0) is 31.5 Å². The van der Waals surface area contributed by atoms with Gasteiger partial charge < -0.3 is 5.73 Å². The van der Waals surface area contributed by atoms with Crippen molar-refractivity contribution in [3.8, 4) is 0 Å². The third kappa shape index (κ3) is 3.51. The molecule has 1 saturated heterocycles. The molecule has 21 heavy (non-hydrogen) atoms. The van der Waals surface area contributed by atoms with Gasteiger partial charge in [-0.2, -0.15) is 4.31 Å². The molecular formula is C14H22ClN3O2S. The number of nitrogen functional groups attached to an aromatic ring is 1. The molecule has 0 aromatic heterocycles. The number of benzene rings is 1. The minimum atomic E-state index is -3.54. The van der Waals surface area contributed by atoms with Crippen LogP contribution in [0, 0.1) is 0 Å². The van der Waals surface area contributed by atoms with Crippen molar-refractivity contribution in [2.24, 2.45) is 0 Å². The van der Waals surface area contributed by atoms with E-state index in [1.807, 2.05) is 0 Å². The van der Waals surface area contributed by atoms with Crippen LogP contribution in [0.5, 0.6) is 0 Å². The lowest BCUT2D eigenvalue weighted by Crippen LogP contribution is -2.51. The Morgan fingerprint density at radius 1 is 1.29 bits per heavy atom. The zero-order valence-corrected chi connectivity index (χ0v) is 14.0. The van der Waals surface area contributed by atoms with Crippen LogP contribution in [0.3, 0.4) is 0 Å². The number of halogens is 1. The lowest BCUT2D eigenvalue weighted by molar-refractivity contribution is 0.142. The Balaban J connectivity index is 2.15. The summed E-state index contributed by atoms with van der Waals surface area (Å²) >= 11 is 5.83. The number of hydrogen-bond acceptors (Lipinski definition) is 4. The molecule has 1 aliphatic heterocycles. The van der Waals surface area contributed by atoms with E-state index in [4.69, 9.17) is 17.3 Å². The predicted molar refractivity (Wildman–Crippen MR) is 85.9 cm³/mol. The van der Waals surface area contributed by atoms with Crippen molar-refractivity contribution >= 4 is 27.3 Å². The van der Waals surface area contributed by atoms with Gasteiger partial charge >= 0.3 is 0 Å². The second-order valence-corrected chi connectivity index (χ2v) is 7.72. The van der Waals surface area contributed by atoms with Crippen molar-refractivity contribution in [2.45, 2.75) is 31.2 Å². The Kier molecular flexibility index (Phi) is 5.14. The van der Waals surface area contributed by atoms with Gasteiger partial charge in [0.15, 0.2) is 0 Å². The van der Waals surface area contributed by atoms with Crippen LogP contribution < -0.4 is 5.73 Å². The Morgan fingerprint density at radius 2 is 1.90 bits per heavy atom. The molecule has 7 heteroatoms. The summed E-state index contributed by atoms with van der Waals surface area (Å²) in [6, 6.07) is 4.99. The van der Waals surface area contributed by atoms with Crippen LogP contribution >= 0.6 is 11.6 Å². The topological polar surface area (TPSA) is 66.6 Å². The first-order valence-electron chi connectivity index (χ1n) is 7.15. The minimum absolute atomic E-state index is 0.142. The molecule has 1 unspecified atom stereocenters. The summed E-state index contributed by atoms with van der Waals surface area (Å²) in [6.07, 6.45) is 1.07. The number of anilines is 1. The molecule has 2 rings (SSSR count). The summed E-state index contributed by atoms with van der Waals surface area (Å²) < 4.78 is 26.8. The molecule has 0 radical (unpaired) electrons. The summed E-state index contributed by atoms with van der Waals surface area (Å²) in [5.41, 5.74) is 6.01. The van der Waals surface area contributed by atoms with Gasteiger partial charge in [0.1, 0.15) is 4.90 Å². The van der Waals surface area contributed by atoms with Gasteiger partial charge in [0.2, 0.25) is 10.0 Å². The van der Waals surface area contributed by atoms with Gasteiger partial charge in [0.25, 0.3) is 0 Å². The Morgan fingerprint density at radius 3 is 2.43 bits per heavy atom. The summed E-state index contributed by atoms with van der Waals surface area (Å²) in [7, 11) is -3.54. The maximum atomic E-state index is 12.6. The molecule has 1 heterocycles. The zero-order valence-electron chi connectivity index (χ0n) is 12.4. The fourth-order valence-electron chi connectivity index (χ4n) is 2.54. The number of nitrogens with zero attached hydrogens (tertiary/aromatic N) is 2. The van der Waals surface area contributed by atoms with E-state index in [-0.39, 0.29) is 10.6 Å². The zero-order chi connectivity index (χ0) is 15.6. The molecule has 0 bridgehead atoms. The molecular weight excluding hydrogens is 310 g/mol. The number of rotatable bonds is 4. The van der Waals surface area contributed by atoms with E-state index in [0.717, 1.165) is 19.5 Å². The molecule has 1 aromatic rings. The third-order valence-corrected chi connectivity index (χ3v) is 6.28. The van der Waals surface area contributed by atoms with Crippen LogP contribution in [0.1, 0.15) is 20.3 Å². The summed E-state index contributed by atoms with van der Waals surface area (Å²) in [4.78, 5) is 2.46. The molecule has 118 valence electrons. The number of sulfonamides is 1. The maximum absolute atomic E-state index is 12.6. The van der Waals surface area contributed by atoms with Crippen molar-refractivity contribution in [2.75, 3.05) is 31.9 Å². The molecule has 0 spiro atoms. The largest absolute Gasteiger partial charge is 0.398 e. The summed E-state index contributed by atoms with van der Waals surface area (Å²) in [6.45, 7) is 6.80. The fourth-order valence-corrected chi connectivity index (χ4v) is 4.24. The normalized spacial score (nSPS) is 19.6. The Hall–Kier alpha value is -0.820. The molecule has 2 N–H and O–H groups in total. The second kappa shape index (κ2) is 6.52.